The molecule has 1 heterocycles. The second-order valence-corrected chi connectivity index (χ2v) is 7.76. The molecule has 0 aromatic rings. The summed E-state index contributed by atoms with van der Waals surface area (Å²) < 4.78 is 0. The van der Waals surface area contributed by atoms with E-state index < -0.39 is 0 Å². The Morgan fingerprint density at radius 3 is 2.52 bits per heavy atom. The van der Waals surface area contributed by atoms with Crippen molar-refractivity contribution in [3.8, 4) is 0 Å². The topological polar surface area (TPSA) is 39.7 Å². The fraction of sp³-hybridized carbons (Fsp3) is 0.941. The minimum atomic E-state index is 0. The van der Waals surface area contributed by atoms with Gasteiger partial charge in [0.15, 0.2) is 5.96 Å². The second kappa shape index (κ2) is 12.6. The molecule has 1 saturated heterocycles. The van der Waals surface area contributed by atoms with Crippen molar-refractivity contribution in [2.75, 3.05) is 39.5 Å². The number of rotatable bonds is 6. The first kappa shape index (κ1) is 21.4. The van der Waals surface area contributed by atoms with E-state index in [1.54, 1.807) is 0 Å². The molecule has 2 aliphatic rings. The van der Waals surface area contributed by atoms with Crippen LogP contribution in [-0.4, -0.2) is 61.6 Å². The zero-order valence-corrected chi connectivity index (χ0v) is 18.0. The van der Waals surface area contributed by atoms with Gasteiger partial charge in [0.1, 0.15) is 0 Å². The number of aliphatic imine (C=N–C) groups is 1. The molecule has 0 bridgehead atoms. The number of nitrogens with one attached hydrogen (secondary N) is 2. The molecule has 4 nitrogen and oxygen atoms in total. The number of guanidine groups is 1. The van der Waals surface area contributed by atoms with Crippen molar-refractivity contribution in [2.45, 2.75) is 62.7 Å². The maximum Gasteiger partial charge on any atom is 0.191 e. The molecule has 1 saturated carbocycles. The fourth-order valence-electron chi connectivity index (χ4n) is 3.54. The van der Waals surface area contributed by atoms with Crippen molar-refractivity contribution < 1.29 is 0 Å². The summed E-state index contributed by atoms with van der Waals surface area (Å²) >= 11 is 2.00. The zero-order chi connectivity index (χ0) is 15.6. The monoisotopic (exact) mass is 454 g/mol. The number of hydrogen-bond acceptors (Lipinski definition) is 3. The Labute approximate surface area is 164 Å². The molecule has 0 spiro atoms. The number of hydrogen-bond donors (Lipinski definition) is 2. The van der Waals surface area contributed by atoms with E-state index in [9.17, 15) is 0 Å². The molecular weight excluding hydrogens is 419 g/mol. The van der Waals surface area contributed by atoms with E-state index in [0.29, 0.717) is 6.04 Å². The van der Waals surface area contributed by atoms with Gasteiger partial charge in [-0.15, -0.1) is 24.0 Å². The lowest BCUT2D eigenvalue weighted by molar-refractivity contribution is 0.282. The summed E-state index contributed by atoms with van der Waals surface area (Å²) in [6, 6.07) is 0.606. The molecule has 2 N–H and O–H groups in total. The molecule has 1 aliphatic carbocycles. The van der Waals surface area contributed by atoms with Crippen LogP contribution in [0, 0.1) is 0 Å². The Morgan fingerprint density at radius 2 is 1.91 bits per heavy atom. The van der Waals surface area contributed by atoms with Gasteiger partial charge in [-0.05, 0) is 64.4 Å². The summed E-state index contributed by atoms with van der Waals surface area (Å²) in [5.41, 5.74) is 0. The van der Waals surface area contributed by atoms with Gasteiger partial charge in [0, 0.05) is 24.9 Å². The van der Waals surface area contributed by atoms with Crippen LogP contribution in [0.3, 0.4) is 0 Å². The Balaban J connectivity index is 0.00000264. The van der Waals surface area contributed by atoms with Gasteiger partial charge in [0.05, 0.1) is 0 Å². The van der Waals surface area contributed by atoms with Crippen LogP contribution in [-0.2, 0) is 0 Å². The summed E-state index contributed by atoms with van der Waals surface area (Å²) in [4.78, 5) is 7.01. The van der Waals surface area contributed by atoms with Gasteiger partial charge in [-0.2, -0.15) is 11.8 Å². The largest absolute Gasteiger partial charge is 0.356 e. The van der Waals surface area contributed by atoms with Gasteiger partial charge in [-0.3, -0.25) is 4.99 Å². The van der Waals surface area contributed by atoms with Crippen LogP contribution in [0.15, 0.2) is 4.99 Å². The van der Waals surface area contributed by atoms with Crippen molar-refractivity contribution >= 4 is 41.7 Å². The second-order valence-electron chi connectivity index (χ2n) is 6.62. The van der Waals surface area contributed by atoms with E-state index in [1.165, 1.54) is 71.0 Å². The SMILES string of the molecule is CN=C(NCCCN1CCCCCC1)NC1CCC(SC)C1.I. The quantitative estimate of drug-likeness (QED) is 0.280. The Hall–Kier alpha value is 0.310. The van der Waals surface area contributed by atoms with Gasteiger partial charge in [-0.25, -0.2) is 0 Å². The highest BCUT2D eigenvalue weighted by Crippen LogP contribution is 2.27. The first-order valence-corrected chi connectivity index (χ1v) is 10.3. The molecule has 1 aliphatic heterocycles. The molecule has 0 amide bonds. The summed E-state index contributed by atoms with van der Waals surface area (Å²) in [7, 11) is 1.88. The van der Waals surface area contributed by atoms with E-state index in [1.807, 2.05) is 18.8 Å². The average molecular weight is 454 g/mol. The molecule has 0 radical (unpaired) electrons. The summed E-state index contributed by atoms with van der Waals surface area (Å²) in [6.07, 6.45) is 12.9. The first-order chi connectivity index (χ1) is 10.8. The van der Waals surface area contributed by atoms with Crippen LogP contribution < -0.4 is 10.6 Å². The molecule has 0 aromatic heterocycles. The zero-order valence-electron chi connectivity index (χ0n) is 14.9. The Bertz CT molecular complexity index is 333. The van der Waals surface area contributed by atoms with Crippen LogP contribution in [0.5, 0.6) is 0 Å². The van der Waals surface area contributed by atoms with E-state index in [2.05, 4.69) is 26.8 Å². The Morgan fingerprint density at radius 1 is 1.17 bits per heavy atom. The highest BCUT2D eigenvalue weighted by atomic mass is 127. The number of likely N-dealkylation sites (tertiary alicyclic amines) is 1. The van der Waals surface area contributed by atoms with Gasteiger partial charge in [-0.1, -0.05) is 12.8 Å². The summed E-state index contributed by atoms with van der Waals surface area (Å²) in [6.45, 7) is 4.84. The average Bonchev–Trinajstić information content (AvgIpc) is 2.84. The summed E-state index contributed by atoms with van der Waals surface area (Å²) in [5, 5.41) is 7.91. The smallest absolute Gasteiger partial charge is 0.191 e. The first-order valence-electron chi connectivity index (χ1n) is 9.04. The fourth-order valence-corrected chi connectivity index (χ4v) is 4.34. The predicted octanol–water partition coefficient (Wildman–Crippen LogP) is 3.32. The van der Waals surface area contributed by atoms with Crippen molar-refractivity contribution in [3.05, 3.63) is 0 Å². The van der Waals surface area contributed by atoms with Gasteiger partial charge in [0.25, 0.3) is 0 Å². The highest BCUT2D eigenvalue weighted by Gasteiger charge is 2.24. The van der Waals surface area contributed by atoms with E-state index in [0.717, 1.165) is 17.8 Å². The van der Waals surface area contributed by atoms with Gasteiger partial charge in [0.2, 0.25) is 0 Å². The summed E-state index contributed by atoms with van der Waals surface area (Å²) in [5.74, 6) is 0.989. The molecule has 6 heteroatoms. The third kappa shape index (κ3) is 8.29. The molecule has 2 fully saturated rings. The number of halogens is 1. The molecule has 2 unspecified atom stereocenters. The highest BCUT2D eigenvalue weighted by molar-refractivity contribution is 14.0. The van der Waals surface area contributed by atoms with Crippen molar-refractivity contribution in [1.82, 2.24) is 15.5 Å². The standard InChI is InChI=1S/C17H34N4S.HI/c1-18-17(20-15-8-9-16(14-15)22-2)19-10-7-13-21-11-5-3-4-6-12-21;/h15-16H,3-14H2,1-2H3,(H2,18,19,20);1H. The van der Waals surface area contributed by atoms with Crippen molar-refractivity contribution in [3.63, 3.8) is 0 Å². The van der Waals surface area contributed by atoms with Gasteiger partial charge < -0.3 is 15.5 Å². The maximum atomic E-state index is 4.38. The van der Waals surface area contributed by atoms with Crippen LogP contribution in [0.2, 0.25) is 0 Å². The third-order valence-electron chi connectivity index (χ3n) is 4.92. The minimum absolute atomic E-state index is 0. The molecule has 23 heavy (non-hydrogen) atoms. The minimum Gasteiger partial charge on any atom is -0.356 e. The van der Waals surface area contributed by atoms with E-state index in [4.69, 9.17) is 0 Å². The van der Waals surface area contributed by atoms with Crippen molar-refractivity contribution in [2.24, 2.45) is 4.99 Å². The van der Waals surface area contributed by atoms with Crippen LogP contribution in [0.4, 0.5) is 0 Å². The molecule has 136 valence electrons. The third-order valence-corrected chi connectivity index (χ3v) is 6.02. The van der Waals surface area contributed by atoms with Crippen LogP contribution in [0.1, 0.15) is 51.4 Å². The Kier molecular flexibility index (Phi) is 11.7. The van der Waals surface area contributed by atoms with Crippen LogP contribution >= 0.6 is 35.7 Å². The lowest BCUT2D eigenvalue weighted by Gasteiger charge is -2.21. The molecule has 0 aromatic carbocycles. The number of nitrogens with zero attached hydrogens (tertiary/aromatic N) is 2. The molecule has 2 atom stereocenters. The number of thioether (sulfide) groups is 1. The maximum absolute atomic E-state index is 4.38. The van der Waals surface area contributed by atoms with E-state index in [-0.39, 0.29) is 24.0 Å². The molecule has 2 rings (SSSR count). The lowest BCUT2D eigenvalue weighted by Crippen LogP contribution is -2.43. The predicted molar refractivity (Wildman–Crippen MR) is 114 cm³/mol. The van der Waals surface area contributed by atoms with E-state index >= 15 is 0 Å². The van der Waals surface area contributed by atoms with Crippen LogP contribution in [0.25, 0.3) is 0 Å². The normalized spacial score (nSPS) is 26.4. The lowest BCUT2D eigenvalue weighted by atomic mass is 10.2. The van der Waals surface area contributed by atoms with Crippen molar-refractivity contribution in [1.29, 1.82) is 0 Å². The van der Waals surface area contributed by atoms with Gasteiger partial charge >= 0.3 is 0 Å². The molecular formula is C17H35IN4S.